The highest BCUT2D eigenvalue weighted by Gasteiger charge is 2.48. The van der Waals surface area contributed by atoms with Gasteiger partial charge in [-0.2, -0.15) is 0 Å². The molecule has 5 nitrogen and oxygen atoms in total. The van der Waals surface area contributed by atoms with Gasteiger partial charge in [-0.15, -0.1) is 0 Å². The fraction of sp³-hybridized carbons (Fsp3) is 0.318. The summed E-state index contributed by atoms with van der Waals surface area (Å²) in [5, 5.41) is 7.23. The Hall–Kier alpha value is -4.90. The van der Waals surface area contributed by atoms with Crippen molar-refractivity contribution in [2.75, 3.05) is 0 Å². The van der Waals surface area contributed by atoms with Gasteiger partial charge >= 0.3 is 0 Å². The Morgan fingerprint density at radius 1 is 0.490 bits per heavy atom. The van der Waals surface area contributed by atoms with E-state index in [4.69, 9.17) is 14.7 Å². The zero-order chi connectivity index (χ0) is 34.2. The Labute approximate surface area is 286 Å². The van der Waals surface area contributed by atoms with Crippen LogP contribution < -0.4 is 4.74 Å². The maximum absolute atomic E-state index is 6.74. The third-order valence-electron chi connectivity index (χ3n) is 13.7. The molecule has 6 heterocycles. The van der Waals surface area contributed by atoms with Crippen LogP contribution in [0.15, 0.2) is 73.1 Å². The Kier molecular flexibility index (Phi) is 5.12. The van der Waals surface area contributed by atoms with E-state index in [2.05, 4.69) is 151 Å². The average Bonchev–Trinajstić information content (AvgIpc) is 3.71. The summed E-state index contributed by atoms with van der Waals surface area (Å²) >= 11 is 0. The summed E-state index contributed by atoms with van der Waals surface area (Å²) in [5.41, 5.74) is 12.1. The summed E-state index contributed by atoms with van der Waals surface area (Å²) in [6.07, 6.45) is 4.19. The summed E-state index contributed by atoms with van der Waals surface area (Å²) in [6, 6.07) is 22.3. The van der Waals surface area contributed by atoms with Gasteiger partial charge in [-0.25, -0.2) is 9.97 Å². The minimum Gasteiger partial charge on any atom is -0.457 e. The molecule has 0 saturated heterocycles. The molecule has 0 fully saturated rings. The van der Waals surface area contributed by atoms with E-state index in [1.54, 1.807) is 0 Å². The van der Waals surface area contributed by atoms with E-state index in [1.165, 1.54) is 66.2 Å². The van der Waals surface area contributed by atoms with Gasteiger partial charge < -0.3 is 4.74 Å². The topological polar surface area (TPSA) is 43.8 Å². The van der Waals surface area contributed by atoms with Crippen LogP contribution in [0.1, 0.15) is 89.0 Å². The molecule has 244 valence electrons. The zero-order valence-corrected chi connectivity index (χ0v) is 30.1. The number of fused-ring (bicyclic) bond motifs is 6. The van der Waals surface area contributed by atoms with E-state index >= 15 is 0 Å². The summed E-state index contributed by atoms with van der Waals surface area (Å²) in [4.78, 5) is 10.2. The predicted molar refractivity (Wildman–Crippen MR) is 202 cm³/mol. The Morgan fingerprint density at radius 2 is 0.898 bits per heavy atom. The molecule has 8 aromatic rings. The molecule has 0 N–H and O–H groups in total. The van der Waals surface area contributed by atoms with Gasteiger partial charge in [0, 0.05) is 67.0 Å². The van der Waals surface area contributed by atoms with Gasteiger partial charge in [0.05, 0.1) is 11.0 Å². The number of hydrogen-bond donors (Lipinski definition) is 0. The smallest absolute Gasteiger partial charge is 0.145 e. The summed E-state index contributed by atoms with van der Waals surface area (Å²) < 4.78 is 11.6. The lowest BCUT2D eigenvalue weighted by Gasteiger charge is -2.46. The zero-order valence-electron chi connectivity index (χ0n) is 30.1. The number of rotatable bonds is 2. The first-order valence-corrected chi connectivity index (χ1v) is 17.6. The first-order valence-electron chi connectivity index (χ1n) is 17.6. The van der Waals surface area contributed by atoms with Crippen molar-refractivity contribution in [2.24, 2.45) is 0 Å². The fourth-order valence-electron chi connectivity index (χ4n) is 9.38. The van der Waals surface area contributed by atoms with Gasteiger partial charge in [-0.3, -0.25) is 8.80 Å². The molecule has 4 aromatic carbocycles. The van der Waals surface area contributed by atoms with Crippen molar-refractivity contribution in [3.05, 3.63) is 107 Å². The second-order valence-corrected chi connectivity index (χ2v) is 16.9. The minimum absolute atomic E-state index is 0.0498. The highest BCUT2D eigenvalue weighted by molar-refractivity contribution is 6.16. The second kappa shape index (κ2) is 8.63. The number of aromatic nitrogens is 4. The molecule has 0 radical (unpaired) electrons. The summed E-state index contributed by atoms with van der Waals surface area (Å²) in [7, 11) is 0. The van der Waals surface area contributed by atoms with Crippen LogP contribution in [-0.4, -0.2) is 18.8 Å². The molecule has 49 heavy (non-hydrogen) atoms. The van der Waals surface area contributed by atoms with E-state index in [0.717, 1.165) is 33.6 Å². The molecular formula is C44H42N4O. The standard InChI is InChI=1S/C44H42N4O/c1-23-11-17-31-37-35(23)27-15-13-25(19-29(27)39-45-21-33(47(37)39)43(7,8)41(31,3)4)49-26-14-16-28-30(20-26)40-46-22-34-44(9,10)42(5,6)32-18-12-24(2)36(28)38(32)48(34)40/h11-22H,1-10H3. The first-order chi connectivity index (χ1) is 23.2. The molecule has 4 aromatic heterocycles. The van der Waals surface area contributed by atoms with Gasteiger partial charge in [0.15, 0.2) is 0 Å². The van der Waals surface area contributed by atoms with Crippen molar-refractivity contribution in [1.29, 1.82) is 0 Å². The van der Waals surface area contributed by atoms with Crippen molar-refractivity contribution in [3.8, 4) is 11.5 Å². The number of nitrogens with zero attached hydrogens (tertiary/aromatic N) is 4. The van der Waals surface area contributed by atoms with Gasteiger partial charge in [0.25, 0.3) is 0 Å². The van der Waals surface area contributed by atoms with Crippen LogP contribution in [0.5, 0.6) is 11.5 Å². The molecular weight excluding hydrogens is 601 g/mol. The second-order valence-electron chi connectivity index (χ2n) is 16.9. The van der Waals surface area contributed by atoms with Gasteiger partial charge in [0.2, 0.25) is 0 Å². The van der Waals surface area contributed by atoms with Crippen LogP contribution in [0.2, 0.25) is 0 Å². The van der Waals surface area contributed by atoms with Gasteiger partial charge in [-0.1, -0.05) is 79.7 Å². The Bertz CT molecular complexity index is 2630. The lowest BCUT2D eigenvalue weighted by Crippen LogP contribution is -2.44. The van der Waals surface area contributed by atoms with E-state index in [1.807, 2.05) is 0 Å². The van der Waals surface area contributed by atoms with Crippen molar-refractivity contribution in [1.82, 2.24) is 18.8 Å². The number of pyridine rings is 2. The van der Waals surface area contributed by atoms with Crippen LogP contribution in [-0.2, 0) is 21.7 Å². The van der Waals surface area contributed by atoms with E-state index in [9.17, 15) is 0 Å². The molecule has 0 bridgehead atoms. The normalized spacial score (nSPS) is 18.2. The van der Waals surface area contributed by atoms with Crippen LogP contribution in [0, 0.1) is 13.8 Å². The Morgan fingerprint density at radius 3 is 1.31 bits per heavy atom. The molecule has 0 unspecified atom stereocenters. The number of ether oxygens (including phenoxy) is 1. The summed E-state index contributed by atoms with van der Waals surface area (Å²) in [6.45, 7) is 23.4. The predicted octanol–water partition coefficient (Wildman–Crippen LogP) is 11.1. The van der Waals surface area contributed by atoms with E-state index in [-0.39, 0.29) is 21.7 Å². The number of imidazole rings is 2. The number of hydrogen-bond acceptors (Lipinski definition) is 3. The fourth-order valence-corrected chi connectivity index (χ4v) is 9.38. The van der Waals surface area contributed by atoms with Crippen molar-refractivity contribution in [2.45, 2.75) is 90.9 Å². The largest absolute Gasteiger partial charge is 0.457 e. The van der Waals surface area contributed by atoms with Gasteiger partial charge in [0.1, 0.15) is 22.8 Å². The van der Waals surface area contributed by atoms with Crippen LogP contribution >= 0.6 is 0 Å². The van der Waals surface area contributed by atoms with Crippen molar-refractivity contribution >= 4 is 54.6 Å². The first kappa shape index (κ1) is 29.1. The van der Waals surface area contributed by atoms with Crippen molar-refractivity contribution < 1.29 is 4.74 Å². The highest BCUT2D eigenvalue weighted by atomic mass is 16.5. The number of benzene rings is 4. The van der Waals surface area contributed by atoms with Crippen LogP contribution in [0.3, 0.4) is 0 Å². The van der Waals surface area contributed by atoms with E-state index < -0.39 is 0 Å². The SMILES string of the molecule is Cc1ccc2c3c1c1ccc(Oc4ccc5c(c4)c4ncc6n4c4c(ccc(C)c54)C(C)(C)C6(C)C)cc1c1ncc(n13)C(C)(C)C2(C)C. The maximum Gasteiger partial charge on any atom is 0.145 e. The molecule has 0 amide bonds. The molecule has 2 aliphatic heterocycles. The molecule has 10 rings (SSSR count). The average molecular weight is 643 g/mol. The molecule has 0 atom stereocenters. The lowest BCUT2D eigenvalue weighted by molar-refractivity contribution is 0.288. The number of aryl methyl sites for hydroxylation is 2. The van der Waals surface area contributed by atoms with Crippen LogP contribution in [0.25, 0.3) is 54.6 Å². The molecule has 5 heteroatoms. The van der Waals surface area contributed by atoms with Gasteiger partial charge in [-0.05, 0) is 83.3 Å². The molecule has 0 saturated carbocycles. The monoisotopic (exact) mass is 642 g/mol. The highest BCUT2D eigenvalue weighted by Crippen LogP contribution is 2.53. The quantitative estimate of drug-likeness (QED) is 0.176. The van der Waals surface area contributed by atoms with Crippen LogP contribution in [0.4, 0.5) is 0 Å². The Balaban J connectivity index is 1.19. The third-order valence-corrected chi connectivity index (χ3v) is 13.7. The lowest BCUT2D eigenvalue weighted by atomic mass is 9.60. The third kappa shape index (κ3) is 3.19. The minimum atomic E-state index is -0.0960. The molecule has 0 spiro atoms. The summed E-state index contributed by atoms with van der Waals surface area (Å²) in [5.74, 6) is 1.60. The maximum atomic E-state index is 6.74. The molecule has 2 aliphatic rings. The van der Waals surface area contributed by atoms with E-state index in [0.29, 0.717) is 0 Å². The van der Waals surface area contributed by atoms with Crippen molar-refractivity contribution in [3.63, 3.8) is 0 Å². The molecule has 0 aliphatic carbocycles.